The van der Waals surface area contributed by atoms with Crippen molar-refractivity contribution in [3.05, 3.63) is 60.1 Å². The highest BCUT2D eigenvalue weighted by molar-refractivity contribution is 6.35. The first kappa shape index (κ1) is 17.0. The summed E-state index contributed by atoms with van der Waals surface area (Å²) in [6, 6.07) is 10.8. The number of furan rings is 1. The lowest BCUT2D eigenvalue weighted by Gasteiger charge is -2.02. The number of rotatable bonds is 6. The molecule has 1 heterocycles. The van der Waals surface area contributed by atoms with Crippen molar-refractivity contribution in [3.63, 3.8) is 0 Å². The summed E-state index contributed by atoms with van der Waals surface area (Å²) in [4.78, 5) is 23.1. The molecule has 24 heavy (non-hydrogen) atoms. The zero-order chi connectivity index (χ0) is 17.2. The van der Waals surface area contributed by atoms with Crippen LogP contribution >= 0.6 is 0 Å². The molecule has 7 nitrogen and oxygen atoms in total. The molecule has 7 heteroatoms. The number of hydrogen-bond acceptors (Lipinski definition) is 5. The summed E-state index contributed by atoms with van der Waals surface area (Å²) < 4.78 is 10.2. The highest BCUT2D eigenvalue weighted by Gasteiger charge is 2.12. The van der Waals surface area contributed by atoms with Crippen LogP contribution in [0.1, 0.15) is 11.3 Å². The normalized spacial score (nSPS) is 10.9. The Bertz CT molecular complexity index is 736. The van der Waals surface area contributed by atoms with E-state index in [9.17, 15) is 9.59 Å². The molecule has 2 amide bonds. The summed E-state index contributed by atoms with van der Waals surface area (Å²) in [6.45, 7) is 0.136. The van der Waals surface area contributed by atoms with Crippen molar-refractivity contribution in [3.8, 4) is 5.75 Å². The molecule has 0 aliphatic heterocycles. The van der Waals surface area contributed by atoms with Gasteiger partial charge in [-0.05, 0) is 30.4 Å². The van der Waals surface area contributed by atoms with Crippen LogP contribution in [0.3, 0.4) is 0 Å². The maximum absolute atomic E-state index is 11.5. The molecule has 0 fully saturated rings. The van der Waals surface area contributed by atoms with Crippen LogP contribution in [0.4, 0.5) is 0 Å². The molecule has 0 saturated heterocycles. The first-order valence-electron chi connectivity index (χ1n) is 7.14. The smallest absolute Gasteiger partial charge is 0.329 e. The molecule has 2 rings (SSSR count). The van der Waals surface area contributed by atoms with Gasteiger partial charge in [0.25, 0.3) is 0 Å². The van der Waals surface area contributed by atoms with Gasteiger partial charge < -0.3 is 14.5 Å². The SMILES string of the molecule is COc1ccccc1/C=C/C=N/NC(=O)C(=O)NCc1ccco1. The Morgan fingerprint density at radius 1 is 1.21 bits per heavy atom. The Hall–Kier alpha value is -3.35. The molecule has 1 aromatic carbocycles. The number of amides is 2. The highest BCUT2D eigenvalue weighted by Crippen LogP contribution is 2.18. The van der Waals surface area contributed by atoms with Gasteiger partial charge in [0.1, 0.15) is 11.5 Å². The third-order valence-corrected chi connectivity index (χ3v) is 2.95. The van der Waals surface area contributed by atoms with Gasteiger partial charge in [0.15, 0.2) is 0 Å². The first-order valence-corrected chi connectivity index (χ1v) is 7.14. The Morgan fingerprint density at radius 2 is 2.04 bits per heavy atom. The lowest BCUT2D eigenvalue weighted by atomic mass is 10.2. The third kappa shape index (κ3) is 5.13. The molecule has 2 N–H and O–H groups in total. The second-order valence-corrected chi connectivity index (χ2v) is 4.58. The molecular weight excluding hydrogens is 310 g/mol. The van der Waals surface area contributed by atoms with Gasteiger partial charge in [0.2, 0.25) is 0 Å². The van der Waals surface area contributed by atoms with Gasteiger partial charge in [-0.1, -0.05) is 18.2 Å². The third-order valence-electron chi connectivity index (χ3n) is 2.95. The Labute approximate surface area is 139 Å². The van der Waals surface area contributed by atoms with Crippen molar-refractivity contribution in [1.82, 2.24) is 10.7 Å². The summed E-state index contributed by atoms with van der Waals surface area (Å²) in [6.07, 6.45) is 6.24. The van der Waals surface area contributed by atoms with Crippen LogP contribution in [0.2, 0.25) is 0 Å². The molecule has 0 unspecified atom stereocenters. The van der Waals surface area contributed by atoms with Gasteiger partial charge in [0, 0.05) is 11.8 Å². The van der Waals surface area contributed by atoms with Crippen molar-refractivity contribution in [2.75, 3.05) is 7.11 Å². The van der Waals surface area contributed by atoms with Crippen LogP contribution in [0.5, 0.6) is 5.75 Å². The maximum atomic E-state index is 11.5. The maximum Gasteiger partial charge on any atom is 0.329 e. The second kappa shape index (κ2) is 8.94. The van der Waals surface area contributed by atoms with E-state index in [2.05, 4.69) is 15.8 Å². The molecule has 0 atom stereocenters. The van der Waals surface area contributed by atoms with Gasteiger partial charge in [-0.15, -0.1) is 0 Å². The summed E-state index contributed by atoms with van der Waals surface area (Å²) in [7, 11) is 1.59. The van der Waals surface area contributed by atoms with Gasteiger partial charge >= 0.3 is 11.8 Å². The van der Waals surface area contributed by atoms with Crippen LogP contribution in [-0.2, 0) is 16.1 Å². The number of hydrogen-bond donors (Lipinski definition) is 2. The number of nitrogens with one attached hydrogen (secondary N) is 2. The fourth-order valence-electron chi connectivity index (χ4n) is 1.80. The summed E-state index contributed by atoms with van der Waals surface area (Å²) >= 11 is 0. The van der Waals surface area contributed by atoms with Crippen molar-refractivity contribution < 1.29 is 18.7 Å². The number of methoxy groups -OCH3 is 1. The van der Waals surface area contributed by atoms with Crippen LogP contribution in [0, 0.1) is 0 Å². The zero-order valence-electron chi connectivity index (χ0n) is 13.1. The Balaban J connectivity index is 1.77. The van der Waals surface area contributed by atoms with E-state index in [-0.39, 0.29) is 6.54 Å². The van der Waals surface area contributed by atoms with Gasteiger partial charge in [0.05, 0.1) is 19.9 Å². The van der Waals surface area contributed by atoms with Gasteiger partial charge in [-0.25, -0.2) is 5.43 Å². The molecule has 124 valence electrons. The average molecular weight is 327 g/mol. The second-order valence-electron chi connectivity index (χ2n) is 4.58. The number of ether oxygens (including phenoxy) is 1. The predicted octanol–water partition coefficient (Wildman–Crippen LogP) is 1.72. The molecule has 0 aliphatic rings. The van der Waals surface area contributed by atoms with E-state index in [1.54, 1.807) is 31.4 Å². The molecule has 2 aromatic rings. The minimum Gasteiger partial charge on any atom is -0.496 e. The largest absolute Gasteiger partial charge is 0.496 e. The van der Waals surface area contributed by atoms with Crippen LogP contribution in [-0.4, -0.2) is 25.1 Å². The van der Waals surface area contributed by atoms with Crippen molar-refractivity contribution >= 4 is 24.1 Å². The first-order chi connectivity index (χ1) is 11.7. The molecule has 0 radical (unpaired) electrons. The zero-order valence-corrected chi connectivity index (χ0v) is 13.1. The fourth-order valence-corrected chi connectivity index (χ4v) is 1.80. The molecule has 1 aromatic heterocycles. The summed E-state index contributed by atoms with van der Waals surface area (Å²) in [5.41, 5.74) is 3.00. The molecule has 0 saturated carbocycles. The minimum absolute atomic E-state index is 0.136. The molecule has 0 spiro atoms. The fraction of sp³-hybridized carbons (Fsp3) is 0.118. The Morgan fingerprint density at radius 3 is 2.79 bits per heavy atom. The number of nitrogens with zero attached hydrogens (tertiary/aromatic N) is 1. The minimum atomic E-state index is -0.858. The number of carbonyl (C=O) groups excluding carboxylic acids is 2. The Kier molecular flexibility index (Phi) is 6.34. The van der Waals surface area contributed by atoms with E-state index < -0.39 is 11.8 Å². The molecular formula is C17H17N3O4. The number of allylic oxidation sites excluding steroid dienone is 1. The standard InChI is InChI=1S/C17H17N3O4/c1-23-15-9-3-2-6-13(15)7-4-10-19-20-17(22)16(21)18-12-14-8-5-11-24-14/h2-11H,12H2,1H3,(H,18,21)(H,20,22)/b7-4+,19-10+. The lowest BCUT2D eigenvalue weighted by molar-refractivity contribution is -0.139. The molecule has 0 bridgehead atoms. The van der Waals surface area contributed by atoms with E-state index in [1.165, 1.54) is 12.5 Å². The number of hydrazone groups is 1. The van der Waals surface area contributed by atoms with Crippen LogP contribution in [0.25, 0.3) is 6.08 Å². The van der Waals surface area contributed by atoms with Gasteiger partial charge in [-0.2, -0.15) is 5.10 Å². The number of carbonyl (C=O) groups is 2. The topological polar surface area (TPSA) is 92.9 Å². The molecule has 0 aliphatic carbocycles. The van der Waals surface area contributed by atoms with E-state index in [0.29, 0.717) is 5.76 Å². The van der Waals surface area contributed by atoms with E-state index >= 15 is 0 Å². The lowest BCUT2D eigenvalue weighted by Crippen LogP contribution is -2.37. The predicted molar refractivity (Wildman–Crippen MR) is 89.2 cm³/mol. The van der Waals surface area contributed by atoms with E-state index in [1.807, 2.05) is 24.3 Å². The van der Waals surface area contributed by atoms with E-state index in [4.69, 9.17) is 9.15 Å². The summed E-state index contributed by atoms with van der Waals surface area (Å²) in [5.74, 6) is -0.372. The number of benzene rings is 1. The quantitative estimate of drug-likeness (QED) is 0.480. The van der Waals surface area contributed by atoms with Crippen LogP contribution in [0.15, 0.2) is 58.3 Å². The van der Waals surface area contributed by atoms with Crippen molar-refractivity contribution in [2.24, 2.45) is 5.10 Å². The van der Waals surface area contributed by atoms with Crippen LogP contribution < -0.4 is 15.5 Å². The van der Waals surface area contributed by atoms with E-state index in [0.717, 1.165) is 11.3 Å². The van der Waals surface area contributed by atoms with Gasteiger partial charge in [-0.3, -0.25) is 9.59 Å². The highest BCUT2D eigenvalue weighted by atomic mass is 16.5. The average Bonchev–Trinajstić information content (AvgIpc) is 3.13. The monoisotopic (exact) mass is 327 g/mol. The van der Waals surface area contributed by atoms with Crippen molar-refractivity contribution in [2.45, 2.75) is 6.54 Å². The number of para-hydroxylation sites is 1. The summed E-state index contributed by atoms with van der Waals surface area (Å²) in [5, 5.41) is 6.08. The van der Waals surface area contributed by atoms with Crippen molar-refractivity contribution in [1.29, 1.82) is 0 Å².